The molecule has 0 aromatic carbocycles. The first-order valence-electron chi connectivity index (χ1n) is 5.54. The molecular weight excluding hydrogens is 212 g/mol. The van der Waals surface area contributed by atoms with Gasteiger partial charge in [0.2, 0.25) is 0 Å². The minimum absolute atomic E-state index is 0.375. The third kappa shape index (κ3) is 8.49. The number of hydrogen-bond donors (Lipinski definition) is 2. The largest absolute Gasteiger partial charge is 0.508 e. The minimum Gasteiger partial charge on any atom is -0.431 e. The first-order chi connectivity index (χ1) is 7.31. The highest BCUT2D eigenvalue weighted by Gasteiger charge is 2.16. The Morgan fingerprint density at radius 3 is 1.50 bits per heavy atom. The Kier molecular flexibility index (Phi) is 7.08. The molecule has 0 spiro atoms. The predicted octanol–water partition coefficient (Wildman–Crippen LogP) is 1.46. The zero-order valence-corrected chi connectivity index (χ0v) is 10.3. The molecule has 5 nitrogen and oxygen atoms in total. The summed E-state index contributed by atoms with van der Waals surface area (Å²) >= 11 is 0. The molecule has 4 atom stereocenters. The first-order valence-corrected chi connectivity index (χ1v) is 5.54. The Balaban J connectivity index is 3.80. The quantitative estimate of drug-likeness (QED) is 0.680. The molecule has 0 aliphatic rings. The van der Waals surface area contributed by atoms with Gasteiger partial charge in [-0.1, -0.05) is 0 Å². The van der Waals surface area contributed by atoms with Gasteiger partial charge in [0.1, 0.15) is 12.2 Å². The van der Waals surface area contributed by atoms with E-state index in [1.165, 1.54) is 0 Å². The number of aliphatic hydroxyl groups excluding tert-OH is 2. The maximum atomic E-state index is 11.2. The molecule has 2 N–H and O–H groups in total. The second kappa shape index (κ2) is 7.46. The normalized spacial score (nSPS) is 18.4. The van der Waals surface area contributed by atoms with Gasteiger partial charge in [-0.25, -0.2) is 4.79 Å². The highest BCUT2D eigenvalue weighted by atomic mass is 16.7. The minimum atomic E-state index is -0.763. The lowest BCUT2D eigenvalue weighted by Crippen LogP contribution is -2.24. The molecule has 4 unspecified atom stereocenters. The molecule has 0 bridgehead atoms. The van der Waals surface area contributed by atoms with E-state index >= 15 is 0 Å². The van der Waals surface area contributed by atoms with Crippen molar-refractivity contribution >= 4 is 6.16 Å². The summed E-state index contributed by atoms with van der Waals surface area (Å²) in [4.78, 5) is 11.2. The van der Waals surface area contributed by atoms with E-state index in [1.807, 2.05) is 0 Å². The van der Waals surface area contributed by atoms with E-state index in [9.17, 15) is 4.79 Å². The van der Waals surface area contributed by atoms with Crippen molar-refractivity contribution in [2.45, 2.75) is 65.0 Å². The number of carbonyl (C=O) groups excluding carboxylic acids is 1. The highest BCUT2D eigenvalue weighted by molar-refractivity contribution is 5.60. The fourth-order valence-corrected chi connectivity index (χ4v) is 1.41. The second-order valence-electron chi connectivity index (χ2n) is 4.28. The van der Waals surface area contributed by atoms with Crippen LogP contribution in [0, 0.1) is 0 Å². The van der Waals surface area contributed by atoms with Crippen LogP contribution in [0.15, 0.2) is 0 Å². The molecule has 0 radical (unpaired) electrons. The maximum Gasteiger partial charge on any atom is 0.508 e. The van der Waals surface area contributed by atoms with E-state index < -0.39 is 18.4 Å². The lowest BCUT2D eigenvalue weighted by Gasteiger charge is -2.18. The van der Waals surface area contributed by atoms with Gasteiger partial charge in [-0.05, 0) is 27.7 Å². The molecule has 96 valence electrons. The second-order valence-corrected chi connectivity index (χ2v) is 4.28. The zero-order chi connectivity index (χ0) is 12.7. The topological polar surface area (TPSA) is 76.0 Å². The number of aliphatic hydroxyl groups is 2. The van der Waals surface area contributed by atoms with Crippen molar-refractivity contribution < 1.29 is 24.5 Å². The molecule has 0 rings (SSSR count). The molecule has 0 aromatic rings. The molecule has 0 aliphatic heterocycles. The number of hydrogen-bond acceptors (Lipinski definition) is 5. The first kappa shape index (κ1) is 15.2. The summed E-state index contributed by atoms with van der Waals surface area (Å²) in [7, 11) is 0. The monoisotopic (exact) mass is 234 g/mol. The summed E-state index contributed by atoms with van der Waals surface area (Å²) in [5.41, 5.74) is 0. The van der Waals surface area contributed by atoms with Crippen molar-refractivity contribution in [2.24, 2.45) is 0 Å². The van der Waals surface area contributed by atoms with Crippen LogP contribution >= 0.6 is 0 Å². The van der Waals surface area contributed by atoms with E-state index in [1.54, 1.807) is 27.7 Å². The fraction of sp³-hybridized carbons (Fsp3) is 0.909. The van der Waals surface area contributed by atoms with Crippen molar-refractivity contribution in [2.75, 3.05) is 0 Å². The molecule has 0 fully saturated rings. The van der Waals surface area contributed by atoms with Crippen LogP contribution in [0.25, 0.3) is 0 Å². The average Bonchev–Trinajstić information content (AvgIpc) is 1.97. The van der Waals surface area contributed by atoms with Crippen molar-refractivity contribution in [3.63, 3.8) is 0 Å². The van der Waals surface area contributed by atoms with Gasteiger partial charge in [0.15, 0.2) is 0 Å². The molecule has 0 saturated carbocycles. The lowest BCUT2D eigenvalue weighted by molar-refractivity contribution is -0.0135. The summed E-state index contributed by atoms with van der Waals surface area (Å²) in [5, 5.41) is 18.1. The zero-order valence-electron chi connectivity index (χ0n) is 10.3. The van der Waals surface area contributed by atoms with Crippen molar-refractivity contribution in [3.8, 4) is 0 Å². The number of rotatable bonds is 6. The standard InChI is InChI=1S/C11H22O5/c1-7(12)5-9(3)15-11(14)16-10(4)6-8(2)13/h7-10,12-13H,5-6H2,1-4H3. The van der Waals surface area contributed by atoms with E-state index in [4.69, 9.17) is 19.7 Å². The third-order valence-corrected chi connectivity index (χ3v) is 1.94. The Morgan fingerprint density at radius 1 is 0.938 bits per heavy atom. The lowest BCUT2D eigenvalue weighted by atomic mass is 10.2. The van der Waals surface area contributed by atoms with Crippen LogP contribution in [0.3, 0.4) is 0 Å². The average molecular weight is 234 g/mol. The molecule has 0 aliphatic carbocycles. The molecule has 0 amide bonds. The smallest absolute Gasteiger partial charge is 0.431 e. The Hall–Kier alpha value is -0.810. The van der Waals surface area contributed by atoms with Gasteiger partial charge in [0.05, 0.1) is 12.2 Å². The molecular formula is C11H22O5. The van der Waals surface area contributed by atoms with Gasteiger partial charge in [-0.15, -0.1) is 0 Å². The summed E-state index contributed by atoms with van der Waals surface area (Å²) in [5.74, 6) is 0. The summed E-state index contributed by atoms with van der Waals surface area (Å²) < 4.78 is 9.82. The van der Waals surface area contributed by atoms with Crippen LogP contribution in [0.2, 0.25) is 0 Å². The van der Waals surface area contributed by atoms with E-state index in [2.05, 4.69) is 0 Å². The van der Waals surface area contributed by atoms with Gasteiger partial charge in [-0.3, -0.25) is 0 Å². The van der Waals surface area contributed by atoms with Gasteiger partial charge in [0.25, 0.3) is 0 Å². The van der Waals surface area contributed by atoms with Gasteiger partial charge >= 0.3 is 6.16 Å². The SMILES string of the molecule is CC(O)CC(C)OC(=O)OC(C)CC(C)O. The van der Waals surface area contributed by atoms with Crippen molar-refractivity contribution in [3.05, 3.63) is 0 Å². The van der Waals surface area contributed by atoms with Crippen LogP contribution in [0.4, 0.5) is 4.79 Å². The number of carbonyl (C=O) groups is 1. The van der Waals surface area contributed by atoms with Gasteiger partial charge in [0, 0.05) is 12.8 Å². The van der Waals surface area contributed by atoms with Crippen LogP contribution in [-0.2, 0) is 9.47 Å². The van der Waals surface area contributed by atoms with Crippen LogP contribution in [0.5, 0.6) is 0 Å². The summed E-state index contributed by atoms with van der Waals surface area (Å²) in [6, 6.07) is 0. The van der Waals surface area contributed by atoms with Gasteiger partial charge < -0.3 is 19.7 Å². The van der Waals surface area contributed by atoms with Crippen LogP contribution in [-0.4, -0.2) is 40.8 Å². The molecule has 0 saturated heterocycles. The van der Waals surface area contributed by atoms with Crippen LogP contribution in [0.1, 0.15) is 40.5 Å². The maximum absolute atomic E-state index is 11.2. The third-order valence-electron chi connectivity index (χ3n) is 1.94. The van der Waals surface area contributed by atoms with Crippen molar-refractivity contribution in [1.29, 1.82) is 0 Å². The molecule has 0 heterocycles. The molecule has 5 heteroatoms. The fourth-order valence-electron chi connectivity index (χ4n) is 1.41. The Bertz CT molecular complexity index is 183. The molecule has 16 heavy (non-hydrogen) atoms. The summed E-state index contributed by atoms with van der Waals surface area (Å²) in [6.45, 7) is 6.63. The Morgan fingerprint density at radius 2 is 1.25 bits per heavy atom. The highest BCUT2D eigenvalue weighted by Crippen LogP contribution is 2.07. The van der Waals surface area contributed by atoms with E-state index in [0.717, 1.165) is 0 Å². The number of ether oxygens (including phenoxy) is 2. The summed E-state index contributed by atoms with van der Waals surface area (Å²) in [6.07, 6.45) is -1.81. The van der Waals surface area contributed by atoms with E-state index in [-0.39, 0.29) is 12.2 Å². The Labute approximate surface area is 96.4 Å². The predicted molar refractivity (Wildman–Crippen MR) is 59.1 cm³/mol. The van der Waals surface area contributed by atoms with Crippen molar-refractivity contribution in [1.82, 2.24) is 0 Å². The van der Waals surface area contributed by atoms with Crippen LogP contribution < -0.4 is 0 Å². The molecule has 0 aromatic heterocycles. The van der Waals surface area contributed by atoms with Gasteiger partial charge in [-0.2, -0.15) is 0 Å². The van der Waals surface area contributed by atoms with E-state index in [0.29, 0.717) is 12.8 Å².